The van der Waals surface area contributed by atoms with Gasteiger partial charge in [0.05, 0.1) is 0 Å². The van der Waals surface area contributed by atoms with E-state index in [1.807, 2.05) is 6.08 Å². The molecule has 0 aromatic carbocycles. The smallest absolute Gasteiger partial charge is 0.0422 e. The normalized spacial score (nSPS) is 27.4. The lowest BCUT2D eigenvalue weighted by Crippen LogP contribution is -2.45. The van der Waals surface area contributed by atoms with Crippen LogP contribution in [0.5, 0.6) is 0 Å². The van der Waals surface area contributed by atoms with Gasteiger partial charge in [-0.3, -0.25) is 0 Å². The first-order valence-electron chi connectivity index (χ1n) is 5.11. The molecule has 1 unspecified atom stereocenters. The van der Waals surface area contributed by atoms with Crippen molar-refractivity contribution in [1.29, 1.82) is 0 Å². The fourth-order valence-electron chi connectivity index (χ4n) is 2.02. The van der Waals surface area contributed by atoms with Crippen LogP contribution in [0.15, 0.2) is 23.9 Å². The van der Waals surface area contributed by atoms with E-state index in [0.717, 1.165) is 25.1 Å². The molecular weight excluding hydrogens is 160 g/mol. The van der Waals surface area contributed by atoms with Crippen LogP contribution in [0, 0.1) is 0 Å². The zero-order chi connectivity index (χ0) is 9.73. The Bertz CT molecular complexity index is 210. The van der Waals surface area contributed by atoms with Gasteiger partial charge in [-0.25, -0.2) is 0 Å². The number of rotatable bonds is 4. The zero-order valence-corrected chi connectivity index (χ0v) is 8.64. The molecule has 0 heterocycles. The van der Waals surface area contributed by atoms with E-state index in [9.17, 15) is 0 Å². The predicted octanol–water partition coefficient (Wildman–Crippen LogP) is 1.94. The van der Waals surface area contributed by atoms with Crippen LogP contribution in [0.3, 0.4) is 0 Å². The number of nitrogens with one attached hydrogen (secondary N) is 1. The molecule has 0 aliphatic heterocycles. The van der Waals surface area contributed by atoms with Crippen molar-refractivity contribution in [2.45, 2.75) is 38.6 Å². The molecule has 0 spiro atoms. The van der Waals surface area contributed by atoms with Crippen molar-refractivity contribution >= 4 is 0 Å². The predicted molar refractivity (Wildman–Crippen MR) is 57.3 cm³/mol. The molecule has 2 heteroatoms. The maximum atomic E-state index is 5.84. The third-order valence-electron chi connectivity index (χ3n) is 2.47. The van der Waals surface area contributed by atoms with Crippen molar-refractivity contribution in [3.05, 3.63) is 23.9 Å². The molecule has 1 atom stereocenters. The highest BCUT2D eigenvalue weighted by molar-refractivity contribution is 5.25. The van der Waals surface area contributed by atoms with Crippen molar-refractivity contribution in [3.8, 4) is 0 Å². The third kappa shape index (κ3) is 2.59. The molecule has 3 N–H and O–H groups in total. The van der Waals surface area contributed by atoms with Crippen LogP contribution in [0.1, 0.15) is 33.1 Å². The summed E-state index contributed by atoms with van der Waals surface area (Å²) in [5, 5.41) is 3.52. The molecule has 0 aromatic rings. The molecule has 0 radical (unpaired) electrons. The van der Waals surface area contributed by atoms with Gasteiger partial charge in [0.15, 0.2) is 0 Å². The lowest BCUT2D eigenvalue weighted by atomic mass is 9.85. The van der Waals surface area contributed by atoms with Crippen LogP contribution >= 0.6 is 0 Å². The van der Waals surface area contributed by atoms with Crippen molar-refractivity contribution in [2.75, 3.05) is 6.54 Å². The number of hydrogen-bond acceptors (Lipinski definition) is 2. The van der Waals surface area contributed by atoms with Gasteiger partial charge in [-0.15, -0.1) is 0 Å². The van der Waals surface area contributed by atoms with Crippen molar-refractivity contribution in [2.24, 2.45) is 5.73 Å². The third-order valence-corrected chi connectivity index (χ3v) is 2.47. The highest BCUT2D eigenvalue weighted by Crippen LogP contribution is 2.25. The second-order valence-corrected chi connectivity index (χ2v) is 3.71. The Morgan fingerprint density at radius 1 is 1.54 bits per heavy atom. The summed E-state index contributed by atoms with van der Waals surface area (Å²) in [6, 6.07) is 0. The van der Waals surface area contributed by atoms with Gasteiger partial charge in [0.1, 0.15) is 0 Å². The second-order valence-electron chi connectivity index (χ2n) is 3.71. The van der Waals surface area contributed by atoms with E-state index in [1.54, 1.807) is 0 Å². The van der Waals surface area contributed by atoms with E-state index in [0.29, 0.717) is 0 Å². The van der Waals surface area contributed by atoms with Crippen molar-refractivity contribution in [3.63, 3.8) is 0 Å². The van der Waals surface area contributed by atoms with Gasteiger partial charge in [-0.1, -0.05) is 32.4 Å². The number of nitrogens with two attached hydrogens (primary N) is 1. The average Bonchev–Trinajstić information content (AvgIpc) is 2.04. The fraction of sp³-hybridized carbons (Fsp3) is 0.636. The highest BCUT2D eigenvalue weighted by Gasteiger charge is 2.26. The van der Waals surface area contributed by atoms with Crippen molar-refractivity contribution in [1.82, 2.24) is 5.32 Å². The van der Waals surface area contributed by atoms with Crippen LogP contribution in [-0.2, 0) is 0 Å². The quantitative estimate of drug-likeness (QED) is 0.694. The molecule has 0 bridgehead atoms. The van der Waals surface area contributed by atoms with E-state index in [2.05, 4.69) is 31.3 Å². The summed E-state index contributed by atoms with van der Waals surface area (Å²) in [5.74, 6) is 0. The molecule has 13 heavy (non-hydrogen) atoms. The number of allylic oxidation sites excluding steroid dienone is 2. The first-order valence-corrected chi connectivity index (χ1v) is 5.11. The average molecular weight is 180 g/mol. The fourth-order valence-corrected chi connectivity index (χ4v) is 2.02. The summed E-state index contributed by atoms with van der Waals surface area (Å²) >= 11 is 0. The topological polar surface area (TPSA) is 38.0 Å². The Balaban J connectivity index is 2.69. The van der Waals surface area contributed by atoms with E-state index in [-0.39, 0.29) is 5.54 Å². The van der Waals surface area contributed by atoms with E-state index < -0.39 is 0 Å². The van der Waals surface area contributed by atoms with Crippen LogP contribution in [0.25, 0.3) is 0 Å². The Morgan fingerprint density at radius 3 is 2.85 bits per heavy atom. The van der Waals surface area contributed by atoms with Gasteiger partial charge >= 0.3 is 0 Å². The molecule has 74 valence electrons. The molecule has 1 rings (SSSR count). The Hall–Kier alpha value is -0.760. The largest absolute Gasteiger partial charge is 0.402 e. The number of likely N-dealkylation sites (N-methyl/N-ethyl adjacent to an activating group) is 1. The SMILES string of the molecule is CCCC1(NCC)C=CC=C(N)C1. The standard InChI is InChI=1S/C11H20N2/c1-3-7-11(13-4-2)8-5-6-10(12)9-11/h5-6,8,13H,3-4,7,9,12H2,1-2H3. The first-order chi connectivity index (χ1) is 6.22. The second kappa shape index (κ2) is 4.47. The summed E-state index contributed by atoms with van der Waals surface area (Å²) in [6.45, 7) is 5.35. The van der Waals surface area contributed by atoms with Gasteiger partial charge in [-0.2, -0.15) is 0 Å². The lowest BCUT2D eigenvalue weighted by Gasteiger charge is -2.33. The van der Waals surface area contributed by atoms with Gasteiger partial charge in [0.2, 0.25) is 0 Å². The zero-order valence-electron chi connectivity index (χ0n) is 8.64. The van der Waals surface area contributed by atoms with Gasteiger partial charge < -0.3 is 11.1 Å². The van der Waals surface area contributed by atoms with E-state index in [4.69, 9.17) is 5.73 Å². The molecule has 0 saturated heterocycles. The summed E-state index contributed by atoms with van der Waals surface area (Å²) < 4.78 is 0. The maximum absolute atomic E-state index is 5.84. The molecule has 1 aliphatic carbocycles. The molecular formula is C11H20N2. The Labute approximate surface area is 80.9 Å². The Kier molecular flexibility index (Phi) is 3.55. The lowest BCUT2D eigenvalue weighted by molar-refractivity contribution is 0.372. The van der Waals surface area contributed by atoms with Gasteiger partial charge in [0.25, 0.3) is 0 Å². The molecule has 0 aromatic heterocycles. The van der Waals surface area contributed by atoms with Gasteiger partial charge in [0, 0.05) is 17.7 Å². The molecule has 0 fully saturated rings. The summed E-state index contributed by atoms with van der Waals surface area (Å²) in [6.07, 6.45) is 9.60. The van der Waals surface area contributed by atoms with Crippen LogP contribution in [0.4, 0.5) is 0 Å². The monoisotopic (exact) mass is 180 g/mol. The summed E-state index contributed by atoms with van der Waals surface area (Å²) in [7, 11) is 0. The minimum absolute atomic E-state index is 0.127. The van der Waals surface area contributed by atoms with E-state index in [1.165, 1.54) is 6.42 Å². The Morgan fingerprint density at radius 2 is 2.31 bits per heavy atom. The minimum atomic E-state index is 0.127. The summed E-state index contributed by atoms with van der Waals surface area (Å²) in [4.78, 5) is 0. The summed E-state index contributed by atoms with van der Waals surface area (Å²) in [5.41, 5.74) is 6.95. The minimum Gasteiger partial charge on any atom is -0.402 e. The maximum Gasteiger partial charge on any atom is 0.0422 e. The number of hydrogen-bond donors (Lipinski definition) is 2. The molecule has 1 aliphatic rings. The van der Waals surface area contributed by atoms with E-state index >= 15 is 0 Å². The molecule has 0 saturated carbocycles. The molecule has 2 nitrogen and oxygen atoms in total. The molecule has 0 amide bonds. The van der Waals surface area contributed by atoms with Crippen LogP contribution in [0.2, 0.25) is 0 Å². The van der Waals surface area contributed by atoms with Crippen molar-refractivity contribution < 1.29 is 0 Å². The van der Waals surface area contributed by atoms with Crippen LogP contribution in [-0.4, -0.2) is 12.1 Å². The van der Waals surface area contributed by atoms with Gasteiger partial charge in [-0.05, 0) is 19.0 Å². The van der Waals surface area contributed by atoms with Crippen LogP contribution < -0.4 is 11.1 Å². The highest BCUT2D eigenvalue weighted by atomic mass is 15.0. The first kappa shape index (κ1) is 10.3.